The molecule has 0 aliphatic heterocycles. The number of hydrogen-bond acceptors (Lipinski definition) is 3. The Morgan fingerprint density at radius 1 is 1.31 bits per heavy atom. The SMILES string of the molecule is Cc1ccc(NS(=O)(=O)C(C)(C)C)nc1Br. The van der Waals surface area contributed by atoms with E-state index in [0.29, 0.717) is 10.4 Å². The number of aromatic nitrogens is 1. The van der Waals surface area contributed by atoms with E-state index in [1.807, 2.05) is 6.92 Å². The Balaban J connectivity index is 3.03. The molecule has 0 atom stereocenters. The fourth-order valence-electron chi connectivity index (χ4n) is 0.851. The first kappa shape index (κ1) is 13.4. The second kappa shape index (κ2) is 4.33. The molecule has 0 amide bonds. The van der Waals surface area contributed by atoms with Gasteiger partial charge in [0, 0.05) is 0 Å². The lowest BCUT2D eigenvalue weighted by Gasteiger charge is -2.20. The van der Waals surface area contributed by atoms with E-state index in [9.17, 15) is 8.42 Å². The number of pyridine rings is 1. The number of nitrogens with zero attached hydrogens (tertiary/aromatic N) is 1. The highest BCUT2D eigenvalue weighted by Crippen LogP contribution is 2.21. The van der Waals surface area contributed by atoms with Crippen LogP contribution in [0.25, 0.3) is 0 Å². The second-order valence-corrected chi connectivity index (χ2v) is 7.71. The molecule has 90 valence electrons. The van der Waals surface area contributed by atoms with Crippen molar-refractivity contribution >= 4 is 31.8 Å². The maximum absolute atomic E-state index is 11.9. The molecule has 6 heteroatoms. The van der Waals surface area contributed by atoms with Gasteiger partial charge in [-0.1, -0.05) is 6.07 Å². The molecule has 1 aromatic rings. The zero-order valence-electron chi connectivity index (χ0n) is 9.70. The first-order valence-electron chi connectivity index (χ1n) is 4.79. The molecule has 0 bridgehead atoms. The van der Waals surface area contributed by atoms with Crippen LogP contribution in [0.2, 0.25) is 0 Å². The van der Waals surface area contributed by atoms with Gasteiger partial charge in [-0.3, -0.25) is 4.72 Å². The zero-order valence-corrected chi connectivity index (χ0v) is 12.1. The molecule has 0 unspecified atom stereocenters. The number of rotatable bonds is 2. The van der Waals surface area contributed by atoms with E-state index in [0.717, 1.165) is 5.56 Å². The van der Waals surface area contributed by atoms with Crippen LogP contribution in [-0.4, -0.2) is 18.1 Å². The van der Waals surface area contributed by atoms with E-state index < -0.39 is 14.8 Å². The van der Waals surface area contributed by atoms with E-state index in [1.165, 1.54) is 0 Å². The molecule has 1 heterocycles. The Hall–Kier alpha value is -0.620. The average molecular weight is 307 g/mol. The van der Waals surface area contributed by atoms with Crippen molar-refractivity contribution in [1.29, 1.82) is 0 Å². The van der Waals surface area contributed by atoms with Crippen molar-refractivity contribution in [2.24, 2.45) is 0 Å². The van der Waals surface area contributed by atoms with E-state index in [1.54, 1.807) is 32.9 Å². The minimum Gasteiger partial charge on any atom is -0.267 e. The topological polar surface area (TPSA) is 59.1 Å². The summed E-state index contributed by atoms with van der Waals surface area (Å²) < 4.78 is 25.9. The van der Waals surface area contributed by atoms with Gasteiger partial charge in [-0.25, -0.2) is 13.4 Å². The monoisotopic (exact) mass is 306 g/mol. The van der Waals surface area contributed by atoms with Crippen molar-refractivity contribution in [2.45, 2.75) is 32.4 Å². The summed E-state index contributed by atoms with van der Waals surface area (Å²) in [6.07, 6.45) is 0. The van der Waals surface area contributed by atoms with Gasteiger partial charge in [-0.15, -0.1) is 0 Å². The molecule has 0 spiro atoms. The summed E-state index contributed by atoms with van der Waals surface area (Å²) in [5.74, 6) is 0.326. The summed E-state index contributed by atoms with van der Waals surface area (Å²) in [7, 11) is -3.41. The fourth-order valence-corrected chi connectivity index (χ4v) is 1.87. The third kappa shape index (κ3) is 2.95. The van der Waals surface area contributed by atoms with Crippen LogP contribution in [0, 0.1) is 6.92 Å². The molecule has 0 radical (unpaired) electrons. The van der Waals surface area contributed by atoms with Gasteiger partial charge < -0.3 is 0 Å². The number of hydrogen-bond donors (Lipinski definition) is 1. The molecule has 16 heavy (non-hydrogen) atoms. The second-order valence-electron chi connectivity index (χ2n) is 4.52. The van der Waals surface area contributed by atoms with Gasteiger partial charge in [0.05, 0.1) is 4.75 Å². The Kier molecular flexibility index (Phi) is 3.64. The van der Waals surface area contributed by atoms with Crippen molar-refractivity contribution in [3.8, 4) is 0 Å². The lowest BCUT2D eigenvalue weighted by molar-refractivity contribution is 0.566. The van der Waals surface area contributed by atoms with Crippen LogP contribution >= 0.6 is 15.9 Å². The Bertz CT molecular complexity index is 492. The van der Waals surface area contributed by atoms with Crippen molar-refractivity contribution < 1.29 is 8.42 Å². The van der Waals surface area contributed by atoms with Gasteiger partial charge >= 0.3 is 0 Å². The Morgan fingerprint density at radius 3 is 2.31 bits per heavy atom. The number of anilines is 1. The van der Waals surface area contributed by atoms with Crippen LogP contribution < -0.4 is 4.72 Å². The normalized spacial score (nSPS) is 12.6. The largest absolute Gasteiger partial charge is 0.267 e. The molecule has 0 aromatic carbocycles. The molecule has 0 saturated carbocycles. The van der Waals surface area contributed by atoms with E-state index in [4.69, 9.17) is 0 Å². The molecule has 0 aliphatic carbocycles. The fraction of sp³-hybridized carbons (Fsp3) is 0.500. The number of aryl methyl sites for hydroxylation is 1. The maximum Gasteiger partial charge on any atom is 0.238 e. The molecule has 1 aromatic heterocycles. The molecule has 4 nitrogen and oxygen atoms in total. The molecule has 0 saturated heterocycles. The van der Waals surface area contributed by atoms with Gasteiger partial charge in [0.15, 0.2) is 0 Å². The zero-order chi connectivity index (χ0) is 12.6. The van der Waals surface area contributed by atoms with E-state index >= 15 is 0 Å². The maximum atomic E-state index is 11.9. The van der Waals surface area contributed by atoms with Crippen LogP contribution in [0.5, 0.6) is 0 Å². The Labute approximate surface area is 105 Å². The molecule has 0 aliphatic rings. The van der Waals surface area contributed by atoms with Crippen molar-refractivity contribution in [3.05, 3.63) is 22.3 Å². The van der Waals surface area contributed by atoms with E-state index in [2.05, 4.69) is 25.6 Å². The highest BCUT2D eigenvalue weighted by molar-refractivity contribution is 9.10. The third-order valence-electron chi connectivity index (χ3n) is 2.08. The molecular weight excluding hydrogens is 292 g/mol. The van der Waals surface area contributed by atoms with Crippen LogP contribution in [0.4, 0.5) is 5.82 Å². The van der Waals surface area contributed by atoms with Crippen LogP contribution in [0.3, 0.4) is 0 Å². The van der Waals surface area contributed by atoms with Gasteiger partial charge in [-0.05, 0) is 55.3 Å². The quantitative estimate of drug-likeness (QED) is 0.855. The number of nitrogens with one attached hydrogen (secondary N) is 1. The smallest absolute Gasteiger partial charge is 0.238 e. The molecular formula is C10H15BrN2O2S. The van der Waals surface area contributed by atoms with Crippen LogP contribution in [-0.2, 0) is 10.0 Å². The first-order valence-corrected chi connectivity index (χ1v) is 7.06. The number of sulfonamides is 1. The lowest BCUT2D eigenvalue weighted by Crippen LogP contribution is -2.33. The summed E-state index contributed by atoms with van der Waals surface area (Å²) in [5, 5.41) is 0. The van der Waals surface area contributed by atoms with Gasteiger partial charge in [0.1, 0.15) is 10.4 Å². The highest BCUT2D eigenvalue weighted by atomic mass is 79.9. The summed E-state index contributed by atoms with van der Waals surface area (Å²) in [4.78, 5) is 4.10. The van der Waals surface area contributed by atoms with Crippen molar-refractivity contribution in [1.82, 2.24) is 4.98 Å². The lowest BCUT2D eigenvalue weighted by atomic mass is 10.3. The standard InChI is InChI=1S/C10H15BrN2O2S/c1-7-5-6-8(12-9(7)11)13-16(14,15)10(2,3)4/h5-6H,1-4H3,(H,12,13). The Morgan fingerprint density at radius 2 is 1.88 bits per heavy atom. The molecule has 1 N–H and O–H groups in total. The minimum absolute atomic E-state index is 0.326. The highest BCUT2D eigenvalue weighted by Gasteiger charge is 2.29. The van der Waals surface area contributed by atoms with Gasteiger partial charge in [0.2, 0.25) is 10.0 Å². The van der Waals surface area contributed by atoms with Crippen molar-refractivity contribution in [3.63, 3.8) is 0 Å². The average Bonchev–Trinajstić information content (AvgIpc) is 2.09. The van der Waals surface area contributed by atoms with Crippen molar-refractivity contribution in [2.75, 3.05) is 4.72 Å². The predicted octanol–water partition coefficient (Wildman–Crippen LogP) is 2.69. The third-order valence-corrected chi connectivity index (χ3v) is 4.97. The summed E-state index contributed by atoms with van der Waals surface area (Å²) in [6, 6.07) is 3.45. The molecule has 0 fully saturated rings. The summed E-state index contributed by atoms with van der Waals surface area (Å²) in [5.41, 5.74) is 0.957. The summed E-state index contributed by atoms with van der Waals surface area (Å²) in [6.45, 7) is 6.80. The number of halogens is 1. The van der Waals surface area contributed by atoms with Gasteiger partial charge in [0.25, 0.3) is 0 Å². The van der Waals surface area contributed by atoms with E-state index in [-0.39, 0.29) is 0 Å². The van der Waals surface area contributed by atoms with Crippen LogP contribution in [0.15, 0.2) is 16.7 Å². The predicted molar refractivity (Wildman–Crippen MR) is 69.0 cm³/mol. The van der Waals surface area contributed by atoms with Gasteiger partial charge in [-0.2, -0.15) is 0 Å². The first-order chi connectivity index (χ1) is 7.13. The summed E-state index contributed by atoms with van der Waals surface area (Å²) >= 11 is 3.26. The molecule has 1 rings (SSSR count). The van der Waals surface area contributed by atoms with Crippen LogP contribution in [0.1, 0.15) is 26.3 Å². The minimum atomic E-state index is -3.41.